The minimum absolute atomic E-state index is 0.159. The molecule has 0 saturated carbocycles. The molecule has 2 amide bonds. The van der Waals surface area contributed by atoms with Gasteiger partial charge in [0.15, 0.2) is 0 Å². The van der Waals surface area contributed by atoms with Gasteiger partial charge in [-0.15, -0.1) is 0 Å². The molecule has 4 nitrogen and oxygen atoms in total. The molecular weight excluding hydrogens is 271 g/mol. The minimum Gasteiger partial charge on any atom is -0.381 e. The Balaban J connectivity index is 2.16. The van der Waals surface area contributed by atoms with Crippen LogP contribution in [0.15, 0.2) is 24.3 Å². The maximum absolute atomic E-state index is 13.1. The number of ether oxygens (including phenoxy) is 1. The normalized spacial score (nSPS) is 10.4. The van der Waals surface area contributed by atoms with Gasteiger partial charge < -0.3 is 15.0 Å². The summed E-state index contributed by atoms with van der Waals surface area (Å²) in [5.41, 5.74) is 0.774. The second kappa shape index (κ2) is 10.2. The standard InChI is InChI=1S/C16H25FN2O2/c1-3-4-10-21-11-6-9-18-16(20)19(2)13-14-7-5-8-15(17)12-14/h5,7-8,12H,3-4,6,9-11,13H2,1-2H3,(H,18,20). The second-order valence-corrected chi connectivity index (χ2v) is 5.04. The Kier molecular flexibility index (Phi) is 8.43. The smallest absolute Gasteiger partial charge is 0.317 e. The molecule has 0 aliphatic carbocycles. The van der Waals surface area contributed by atoms with E-state index in [1.54, 1.807) is 19.2 Å². The third kappa shape index (κ3) is 7.66. The van der Waals surface area contributed by atoms with Crippen molar-refractivity contribution in [1.82, 2.24) is 10.2 Å². The molecule has 0 aliphatic heterocycles. The lowest BCUT2D eigenvalue weighted by Crippen LogP contribution is -2.37. The van der Waals surface area contributed by atoms with Crippen molar-refractivity contribution in [2.24, 2.45) is 0 Å². The quantitative estimate of drug-likeness (QED) is 0.711. The first-order valence-corrected chi connectivity index (χ1v) is 7.44. The average Bonchev–Trinajstić information content (AvgIpc) is 2.46. The highest BCUT2D eigenvalue weighted by molar-refractivity contribution is 5.73. The molecule has 21 heavy (non-hydrogen) atoms. The highest BCUT2D eigenvalue weighted by Gasteiger charge is 2.08. The van der Waals surface area contributed by atoms with E-state index in [1.807, 2.05) is 0 Å². The number of benzene rings is 1. The van der Waals surface area contributed by atoms with Gasteiger partial charge in [-0.05, 0) is 30.5 Å². The molecule has 0 heterocycles. The number of carbonyl (C=O) groups excluding carboxylic acids is 1. The Bertz CT molecular complexity index is 426. The molecule has 1 aromatic carbocycles. The topological polar surface area (TPSA) is 41.6 Å². The number of carbonyl (C=O) groups is 1. The van der Waals surface area contributed by atoms with E-state index in [0.717, 1.165) is 31.4 Å². The van der Waals surface area contributed by atoms with Crippen LogP contribution in [0.3, 0.4) is 0 Å². The summed E-state index contributed by atoms with van der Waals surface area (Å²) in [4.78, 5) is 13.4. The number of amides is 2. The molecule has 0 unspecified atom stereocenters. The average molecular weight is 296 g/mol. The maximum atomic E-state index is 13.1. The zero-order valence-electron chi connectivity index (χ0n) is 12.9. The number of unbranched alkanes of at least 4 members (excludes halogenated alkanes) is 1. The highest BCUT2D eigenvalue weighted by Crippen LogP contribution is 2.06. The zero-order valence-corrected chi connectivity index (χ0v) is 12.9. The third-order valence-electron chi connectivity index (χ3n) is 3.04. The lowest BCUT2D eigenvalue weighted by Gasteiger charge is -2.18. The van der Waals surface area contributed by atoms with Gasteiger partial charge in [-0.25, -0.2) is 9.18 Å². The molecule has 0 radical (unpaired) electrons. The number of halogens is 1. The summed E-state index contributed by atoms with van der Waals surface area (Å²) in [6.45, 7) is 4.53. The SMILES string of the molecule is CCCCOCCCNC(=O)N(C)Cc1cccc(F)c1. The molecule has 1 rings (SSSR count). The lowest BCUT2D eigenvalue weighted by atomic mass is 10.2. The van der Waals surface area contributed by atoms with Crippen LogP contribution in [0, 0.1) is 5.82 Å². The maximum Gasteiger partial charge on any atom is 0.317 e. The molecule has 1 N–H and O–H groups in total. The molecule has 0 aliphatic rings. The van der Waals surface area contributed by atoms with Crippen molar-refractivity contribution in [2.45, 2.75) is 32.7 Å². The van der Waals surface area contributed by atoms with Crippen LogP contribution < -0.4 is 5.32 Å². The number of nitrogens with one attached hydrogen (secondary N) is 1. The van der Waals surface area contributed by atoms with E-state index in [1.165, 1.54) is 17.0 Å². The number of hydrogen-bond donors (Lipinski definition) is 1. The Morgan fingerprint density at radius 3 is 2.81 bits per heavy atom. The van der Waals surface area contributed by atoms with Gasteiger partial charge in [0.25, 0.3) is 0 Å². The largest absolute Gasteiger partial charge is 0.381 e. The second-order valence-electron chi connectivity index (χ2n) is 5.04. The van der Waals surface area contributed by atoms with Gasteiger partial charge in [-0.1, -0.05) is 25.5 Å². The van der Waals surface area contributed by atoms with E-state index < -0.39 is 0 Å². The monoisotopic (exact) mass is 296 g/mol. The molecule has 118 valence electrons. The van der Waals surface area contributed by atoms with E-state index in [0.29, 0.717) is 19.7 Å². The summed E-state index contributed by atoms with van der Waals surface area (Å²) in [6, 6.07) is 6.11. The fraction of sp³-hybridized carbons (Fsp3) is 0.562. The fourth-order valence-corrected chi connectivity index (χ4v) is 1.83. The highest BCUT2D eigenvalue weighted by atomic mass is 19.1. The van der Waals surface area contributed by atoms with Gasteiger partial charge in [0.2, 0.25) is 0 Å². The van der Waals surface area contributed by atoms with Crippen LogP contribution in [0.1, 0.15) is 31.7 Å². The summed E-state index contributed by atoms with van der Waals surface area (Å²) in [7, 11) is 1.69. The van der Waals surface area contributed by atoms with Gasteiger partial charge in [0.1, 0.15) is 5.82 Å². The Morgan fingerprint density at radius 1 is 1.33 bits per heavy atom. The third-order valence-corrected chi connectivity index (χ3v) is 3.04. The first-order valence-electron chi connectivity index (χ1n) is 7.44. The summed E-state index contributed by atoms with van der Waals surface area (Å²) < 4.78 is 18.5. The van der Waals surface area contributed by atoms with Gasteiger partial charge >= 0.3 is 6.03 Å². The van der Waals surface area contributed by atoms with Gasteiger partial charge in [-0.2, -0.15) is 0 Å². The van der Waals surface area contributed by atoms with Gasteiger partial charge in [0.05, 0.1) is 0 Å². The first kappa shape index (κ1) is 17.4. The predicted molar refractivity (Wildman–Crippen MR) is 81.6 cm³/mol. The van der Waals surface area contributed by atoms with Crippen molar-refractivity contribution < 1.29 is 13.9 Å². The van der Waals surface area contributed by atoms with E-state index >= 15 is 0 Å². The van der Waals surface area contributed by atoms with E-state index in [2.05, 4.69) is 12.2 Å². The minimum atomic E-state index is -0.287. The molecule has 0 saturated heterocycles. The van der Waals surface area contributed by atoms with Crippen LogP contribution in [0.4, 0.5) is 9.18 Å². The molecule has 5 heteroatoms. The van der Waals surface area contributed by atoms with Crippen molar-refractivity contribution in [3.05, 3.63) is 35.6 Å². The number of hydrogen-bond acceptors (Lipinski definition) is 2. The van der Waals surface area contributed by atoms with Crippen LogP contribution in [-0.2, 0) is 11.3 Å². The van der Waals surface area contributed by atoms with Crippen LogP contribution in [-0.4, -0.2) is 37.7 Å². The molecule has 0 fully saturated rings. The Morgan fingerprint density at radius 2 is 2.10 bits per heavy atom. The van der Waals surface area contributed by atoms with Crippen LogP contribution in [0.25, 0.3) is 0 Å². The molecule has 0 bridgehead atoms. The first-order chi connectivity index (χ1) is 10.1. The number of nitrogens with zero attached hydrogens (tertiary/aromatic N) is 1. The molecule has 0 aromatic heterocycles. The number of rotatable bonds is 9. The number of urea groups is 1. The van der Waals surface area contributed by atoms with E-state index in [9.17, 15) is 9.18 Å². The van der Waals surface area contributed by atoms with Crippen LogP contribution in [0.2, 0.25) is 0 Å². The van der Waals surface area contributed by atoms with Crippen LogP contribution >= 0.6 is 0 Å². The van der Waals surface area contributed by atoms with E-state index in [4.69, 9.17) is 4.74 Å². The summed E-state index contributed by atoms with van der Waals surface area (Å²) in [5.74, 6) is -0.287. The van der Waals surface area contributed by atoms with Crippen LogP contribution in [0.5, 0.6) is 0 Å². The van der Waals surface area contributed by atoms with Gasteiger partial charge in [0, 0.05) is 33.4 Å². The molecule has 1 aromatic rings. The van der Waals surface area contributed by atoms with Gasteiger partial charge in [-0.3, -0.25) is 0 Å². The summed E-state index contributed by atoms with van der Waals surface area (Å²) in [5, 5.41) is 2.82. The molecular formula is C16H25FN2O2. The fourth-order valence-electron chi connectivity index (χ4n) is 1.83. The Labute approximate surface area is 126 Å². The van der Waals surface area contributed by atoms with Crippen molar-refractivity contribution in [3.8, 4) is 0 Å². The zero-order chi connectivity index (χ0) is 15.5. The van der Waals surface area contributed by atoms with E-state index in [-0.39, 0.29) is 11.8 Å². The Hall–Kier alpha value is -1.62. The summed E-state index contributed by atoms with van der Waals surface area (Å²) in [6.07, 6.45) is 2.99. The van der Waals surface area contributed by atoms with Crippen molar-refractivity contribution >= 4 is 6.03 Å². The summed E-state index contributed by atoms with van der Waals surface area (Å²) >= 11 is 0. The van der Waals surface area contributed by atoms with Crippen molar-refractivity contribution in [1.29, 1.82) is 0 Å². The molecule has 0 spiro atoms. The predicted octanol–water partition coefficient (Wildman–Crippen LogP) is 3.17. The molecule has 0 atom stereocenters. The van der Waals surface area contributed by atoms with Crippen molar-refractivity contribution in [2.75, 3.05) is 26.8 Å². The van der Waals surface area contributed by atoms with Crippen molar-refractivity contribution in [3.63, 3.8) is 0 Å². The lowest BCUT2D eigenvalue weighted by molar-refractivity contribution is 0.128.